The van der Waals surface area contributed by atoms with Gasteiger partial charge in [0.1, 0.15) is 5.82 Å². The lowest BCUT2D eigenvalue weighted by atomic mass is 10.1. The smallest absolute Gasteiger partial charge is 0.267 e. The van der Waals surface area contributed by atoms with Crippen molar-refractivity contribution in [3.63, 3.8) is 0 Å². The van der Waals surface area contributed by atoms with E-state index in [4.69, 9.17) is 5.21 Å². The van der Waals surface area contributed by atoms with E-state index >= 15 is 0 Å². The summed E-state index contributed by atoms with van der Waals surface area (Å²) in [5, 5.41) is 11.9. The number of nitrogens with one attached hydrogen (secondary N) is 2. The maximum Gasteiger partial charge on any atom is 0.267 e. The highest BCUT2D eigenvalue weighted by Crippen LogP contribution is 2.16. The molecule has 0 unspecified atom stereocenters. The summed E-state index contributed by atoms with van der Waals surface area (Å²) in [6.45, 7) is 3.09. The zero-order valence-electron chi connectivity index (χ0n) is 14.8. The Labute approximate surface area is 166 Å². The molecule has 1 saturated heterocycles. The van der Waals surface area contributed by atoms with Crippen LogP contribution in [0.1, 0.15) is 17.7 Å². The summed E-state index contributed by atoms with van der Waals surface area (Å²) in [6, 6.07) is 8.83. The number of aromatic nitrogens is 2. The summed E-state index contributed by atoms with van der Waals surface area (Å²) in [5.41, 5.74) is 3.42. The molecule has 0 aliphatic carbocycles. The largest absolute Gasteiger partial charge is 0.365 e. The molecule has 1 atom stereocenters. The van der Waals surface area contributed by atoms with Gasteiger partial charge in [-0.15, -0.1) is 0 Å². The molecular weight excluding hydrogens is 410 g/mol. The number of hydroxylamine groups is 1. The van der Waals surface area contributed by atoms with Crippen LogP contribution in [0.3, 0.4) is 0 Å². The van der Waals surface area contributed by atoms with Gasteiger partial charge in [-0.2, -0.15) is 0 Å². The van der Waals surface area contributed by atoms with Crippen molar-refractivity contribution in [3.8, 4) is 0 Å². The van der Waals surface area contributed by atoms with Crippen molar-refractivity contribution in [3.05, 3.63) is 58.5 Å². The molecule has 7 nitrogen and oxygen atoms in total. The molecule has 142 valence electrons. The number of nitrogens with zero attached hydrogens (tertiary/aromatic N) is 3. The zero-order valence-corrected chi connectivity index (χ0v) is 16.4. The third-order valence-electron chi connectivity index (χ3n) is 4.44. The number of carbonyl (C=O) groups excluding carboxylic acids is 1. The number of carbonyl (C=O) groups is 1. The van der Waals surface area contributed by atoms with Gasteiger partial charge >= 0.3 is 0 Å². The summed E-state index contributed by atoms with van der Waals surface area (Å²) in [6.07, 6.45) is 8.03. The van der Waals surface area contributed by atoms with Crippen LogP contribution in [-0.4, -0.2) is 51.7 Å². The first-order valence-electron chi connectivity index (χ1n) is 8.80. The molecule has 0 radical (unpaired) electrons. The molecule has 2 heterocycles. The minimum Gasteiger partial charge on any atom is -0.365 e. The third kappa shape index (κ3) is 6.13. The second kappa shape index (κ2) is 9.59. The Morgan fingerprint density at radius 2 is 2.11 bits per heavy atom. The zero-order chi connectivity index (χ0) is 19.1. The number of rotatable bonds is 7. The first-order valence-corrected chi connectivity index (χ1v) is 9.59. The molecule has 1 fully saturated rings. The van der Waals surface area contributed by atoms with E-state index in [-0.39, 0.29) is 0 Å². The fourth-order valence-electron chi connectivity index (χ4n) is 3.00. The van der Waals surface area contributed by atoms with Crippen LogP contribution in [0.5, 0.6) is 0 Å². The highest BCUT2D eigenvalue weighted by atomic mass is 79.9. The summed E-state index contributed by atoms with van der Waals surface area (Å²) < 4.78 is 1.11. The van der Waals surface area contributed by atoms with E-state index in [1.807, 2.05) is 0 Å². The van der Waals surface area contributed by atoms with Crippen LogP contribution >= 0.6 is 15.9 Å². The summed E-state index contributed by atoms with van der Waals surface area (Å²) in [7, 11) is 0. The predicted molar refractivity (Wildman–Crippen MR) is 107 cm³/mol. The average Bonchev–Trinajstić information content (AvgIpc) is 3.14. The van der Waals surface area contributed by atoms with Gasteiger partial charge in [-0.1, -0.05) is 28.1 Å². The Bertz CT molecular complexity index is 780. The van der Waals surface area contributed by atoms with E-state index in [1.54, 1.807) is 12.4 Å². The van der Waals surface area contributed by atoms with Gasteiger partial charge in [-0.25, -0.2) is 10.5 Å². The van der Waals surface area contributed by atoms with Gasteiger partial charge in [0.2, 0.25) is 0 Å². The molecule has 8 heteroatoms. The second-order valence-electron chi connectivity index (χ2n) is 6.44. The first-order chi connectivity index (χ1) is 13.1. The van der Waals surface area contributed by atoms with Crippen LogP contribution in [0.2, 0.25) is 0 Å². The Hall–Kier alpha value is -2.29. The molecule has 1 aliphatic heterocycles. The average molecular weight is 432 g/mol. The third-order valence-corrected chi connectivity index (χ3v) is 4.97. The summed E-state index contributed by atoms with van der Waals surface area (Å²) in [4.78, 5) is 22.0. The maximum absolute atomic E-state index is 11.0. The number of amides is 1. The lowest BCUT2D eigenvalue weighted by Crippen LogP contribution is -2.28. The molecule has 2 aromatic rings. The van der Waals surface area contributed by atoms with Crippen molar-refractivity contribution >= 4 is 33.7 Å². The van der Waals surface area contributed by atoms with E-state index in [2.05, 4.69) is 60.4 Å². The molecule has 1 amide bonds. The summed E-state index contributed by atoms with van der Waals surface area (Å²) >= 11 is 3.46. The van der Waals surface area contributed by atoms with E-state index in [1.165, 1.54) is 23.2 Å². The van der Waals surface area contributed by atoms with Crippen LogP contribution in [-0.2, 0) is 11.2 Å². The van der Waals surface area contributed by atoms with Crippen molar-refractivity contribution < 1.29 is 10.0 Å². The molecule has 0 bridgehead atoms. The Kier molecular flexibility index (Phi) is 6.92. The Balaban J connectivity index is 1.44. The lowest BCUT2D eigenvalue weighted by Gasteiger charge is -2.17. The van der Waals surface area contributed by atoms with Crippen LogP contribution in [0.15, 0.2) is 47.2 Å². The van der Waals surface area contributed by atoms with Gasteiger partial charge in [0.15, 0.2) is 0 Å². The van der Waals surface area contributed by atoms with Gasteiger partial charge in [-0.05, 0) is 36.6 Å². The number of likely N-dealkylation sites (tertiary alicyclic amines) is 1. The van der Waals surface area contributed by atoms with E-state index < -0.39 is 5.91 Å². The number of hydrogen-bond acceptors (Lipinski definition) is 6. The second-order valence-corrected chi connectivity index (χ2v) is 7.36. The quantitative estimate of drug-likeness (QED) is 0.354. The van der Waals surface area contributed by atoms with Gasteiger partial charge < -0.3 is 10.2 Å². The van der Waals surface area contributed by atoms with Crippen LogP contribution in [0.4, 0.5) is 5.82 Å². The minimum atomic E-state index is -0.604. The topological polar surface area (TPSA) is 90.4 Å². The van der Waals surface area contributed by atoms with E-state index in [0.717, 1.165) is 42.8 Å². The highest BCUT2D eigenvalue weighted by Gasteiger charge is 2.22. The molecule has 27 heavy (non-hydrogen) atoms. The molecule has 1 aliphatic rings. The monoisotopic (exact) mass is 431 g/mol. The van der Waals surface area contributed by atoms with Crippen LogP contribution in [0.25, 0.3) is 6.08 Å². The molecular formula is C19H22BrN5O2. The SMILES string of the molecule is O=C(C=Cc1cnc(N[C@@H]2CCN(CCc3ccc(Br)cc3)C2)cn1)NO. The highest BCUT2D eigenvalue weighted by molar-refractivity contribution is 9.10. The van der Waals surface area contributed by atoms with E-state index in [0.29, 0.717) is 11.7 Å². The van der Waals surface area contributed by atoms with Crippen LogP contribution in [0, 0.1) is 0 Å². The summed E-state index contributed by atoms with van der Waals surface area (Å²) in [5.74, 6) is 0.117. The van der Waals surface area contributed by atoms with Crippen LogP contribution < -0.4 is 10.8 Å². The van der Waals surface area contributed by atoms with Crippen molar-refractivity contribution in [1.82, 2.24) is 20.3 Å². The van der Waals surface area contributed by atoms with Crippen molar-refractivity contribution in [1.29, 1.82) is 0 Å². The number of hydrogen-bond donors (Lipinski definition) is 3. The number of anilines is 1. The fourth-order valence-corrected chi connectivity index (χ4v) is 3.26. The van der Waals surface area contributed by atoms with Crippen molar-refractivity contribution in [2.45, 2.75) is 18.9 Å². The fraction of sp³-hybridized carbons (Fsp3) is 0.316. The lowest BCUT2D eigenvalue weighted by molar-refractivity contribution is -0.124. The molecule has 0 saturated carbocycles. The number of benzene rings is 1. The molecule has 3 N–H and O–H groups in total. The minimum absolute atomic E-state index is 0.353. The number of halogens is 1. The first kappa shape index (κ1) is 19.5. The molecule has 0 spiro atoms. The molecule has 3 rings (SSSR count). The van der Waals surface area contributed by atoms with Crippen molar-refractivity contribution in [2.24, 2.45) is 0 Å². The van der Waals surface area contributed by atoms with Crippen molar-refractivity contribution in [2.75, 3.05) is 25.0 Å². The molecule has 1 aromatic carbocycles. The van der Waals surface area contributed by atoms with Gasteiger partial charge in [0.05, 0.1) is 18.1 Å². The standard InChI is InChI=1S/C19H22BrN5O2/c20-15-3-1-14(2-4-15)7-9-25-10-8-17(13-25)23-18-12-21-16(11-22-18)5-6-19(26)24-27/h1-6,11-12,17,27H,7-10,13H2,(H,22,23)(H,24,26)/t17-/m1/s1. The maximum atomic E-state index is 11.0. The van der Waals surface area contributed by atoms with Gasteiger partial charge in [0, 0.05) is 36.2 Å². The Morgan fingerprint density at radius 1 is 1.30 bits per heavy atom. The van der Waals surface area contributed by atoms with E-state index in [9.17, 15) is 4.79 Å². The normalized spacial score (nSPS) is 17.3. The van der Waals surface area contributed by atoms with Gasteiger partial charge in [0.25, 0.3) is 5.91 Å². The predicted octanol–water partition coefficient (Wildman–Crippen LogP) is 2.49. The van der Waals surface area contributed by atoms with Gasteiger partial charge in [-0.3, -0.25) is 15.0 Å². The molecule has 1 aromatic heterocycles. The Morgan fingerprint density at radius 3 is 2.81 bits per heavy atom.